The number of ether oxygens (including phenoxy) is 1. The van der Waals surface area contributed by atoms with Crippen LogP contribution in [0.3, 0.4) is 0 Å². The summed E-state index contributed by atoms with van der Waals surface area (Å²) in [4.78, 5) is 0. The summed E-state index contributed by atoms with van der Waals surface area (Å²) in [7, 11) is 0. The average molecular weight is 235 g/mol. The molecule has 1 aliphatic heterocycles. The molecular weight excluding hydrogens is 214 g/mol. The van der Waals surface area contributed by atoms with Gasteiger partial charge < -0.3 is 15.2 Å². The van der Waals surface area contributed by atoms with Gasteiger partial charge in [0.15, 0.2) is 0 Å². The molecule has 1 aromatic rings. The second kappa shape index (κ2) is 5.52. The van der Waals surface area contributed by atoms with E-state index in [0.717, 1.165) is 25.2 Å². The van der Waals surface area contributed by atoms with Crippen LogP contribution in [0.4, 0.5) is 0 Å². The highest BCUT2D eigenvalue weighted by Crippen LogP contribution is 2.33. The van der Waals surface area contributed by atoms with Gasteiger partial charge >= 0.3 is 0 Å². The molecule has 0 aliphatic carbocycles. The first-order valence-corrected chi connectivity index (χ1v) is 6.30. The predicted octanol–water partition coefficient (Wildman–Crippen LogP) is 2.10. The Morgan fingerprint density at radius 2 is 2.12 bits per heavy atom. The van der Waals surface area contributed by atoms with Crippen molar-refractivity contribution in [2.75, 3.05) is 19.8 Å². The molecule has 0 bridgehead atoms. The molecule has 2 rings (SSSR count). The monoisotopic (exact) mass is 235 g/mol. The number of rotatable bonds is 3. The molecule has 0 spiro atoms. The second-order valence-electron chi connectivity index (χ2n) is 4.70. The minimum Gasteiger partial charge on any atom is -0.493 e. The van der Waals surface area contributed by atoms with E-state index in [1.165, 1.54) is 16.7 Å². The highest BCUT2D eigenvalue weighted by Gasteiger charge is 2.19. The van der Waals surface area contributed by atoms with Crippen LogP contribution in [0.5, 0.6) is 5.75 Å². The van der Waals surface area contributed by atoms with E-state index in [-0.39, 0.29) is 6.61 Å². The Hall–Kier alpha value is -1.06. The maximum atomic E-state index is 8.92. The summed E-state index contributed by atoms with van der Waals surface area (Å²) in [6, 6.07) is 4.65. The van der Waals surface area contributed by atoms with Crippen molar-refractivity contribution in [2.45, 2.75) is 32.7 Å². The van der Waals surface area contributed by atoms with Crippen molar-refractivity contribution in [3.63, 3.8) is 0 Å². The van der Waals surface area contributed by atoms with Crippen LogP contribution in [0.2, 0.25) is 0 Å². The Balaban J connectivity index is 2.30. The van der Waals surface area contributed by atoms with E-state index in [0.29, 0.717) is 12.6 Å². The summed E-state index contributed by atoms with van der Waals surface area (Å²) < 4.78 is 5.79. The van der Waals surface area contributed by atoms with Gasteiger partial charge in [0.2, 0.25) is 0 Å². The quantitative estimate of drug-likeness (QED) is 0.843. The highest BCUT2D eigenvalue weighted by atomic mass is 16.5. The fraction of sp³-hybridized carbons (Fsp3) is 0.571. The van der Waals surface area contributed by atoms with Crippen molar-refractivity contribution in [2.24, 2.45) is 0 Å². The van der Waals surface area contributed by atoms with E-state index in [1.807, 2.05) is 0 Å². The molecule has 3 heteroatoms. The van der Waals surface area contributed by atoms with E-state index in [1.54, 1.807) is 0 Å². The van der Waals surface area contributed by atoms with Crippen LogP contribution in [0.1, 0.15) is 35.6 Å². The van der Waals surface area contributed by atoms with Crippen LogP contribution in [-0.2, 0) is 0 Å². The normalized spacial score (nSPS) is 19.4. The van der Waals surface area contributed by atoms with E-state index in [2.05, 4.69) is 31.3 Å². The first-order valence-electron chi connectivity index (χ1n) is 6.30. The van der Waals surface area contributed by atoms with Crippen LogP contribution in [-0.4, -0.2) is 24.9 Å². The molecule has 1 atom stereocenters. The molecule has 0 fully saturated rings. The summed E-state index contributed by atoms with van der Waals surface area (Å²) in [6.45, 7) is 5.84. The lowest BCUT2D eigenvalue weighted by Crippen LogP contribution is -2.24. The number of benzene rings is 1. The third-order valence-electron chi connectivity index (χ3n) is 3.40. The van der Waals surface area contributed by atoms with E-state index in [9.17, 15) is 0 Å². The minimum atomic E-state index is 0.178. The van der Waals surface area contributed by atoms with Gasteiger partial charge in [-0.15, -0.1) is 0 Å². The number of nitrogens with one attached hydrogen (secondary N) is 1. The van der Waals surface area contributed by atoms with E-state index >= 15 is 0 Å². The minimum absolute atomic E-state index is 0.178. The van der Waals surface area contributed by atoms with Crippen LogP contribution in [0, 0.1) is 13.8 Å². The Bertz CT molecular complexity index is 390. The molecule has 1 aromatic carbocycles. The average Bonchev–Trinajstić information content (AvgIpc) is 2.50. The lowest BCUT2D eigenvalue weighted by Gasteiger charge is -2.19. The van der Waals surface area contributed by atoms with Gasteiger partial charge in [-0.05, 0) is 43.9 Å². The van der Waals surface area contributed by atoms with E-state index < -0.39 is 0 Å². The lowest BCUT2D eigenvalue weighted by molar-refractivity contribution is 0.281. The van der Waals surface area contributed by atoms with Crippen molar-refractivity contribution in [1.82, 2.24) is 5.32 Å². The fourth-order valence-corrected chi connectivity index (χ4v) is 2.29. The van der Waals surface area contributed by atoms with Gasteiger partial charge in [0.1, 0.15) is 5.75 Å². The summed E-state index contributed by atoms with van der Waals surface area (Å²) in [5.41, 5.74) is 3.80. The largest absolute Gasteiger partial charge is 0.493 e. The molecule has 0 aromatic heterocycles. The zero-order valence-corrected chi connectivity index (χ0v) is 10.6. The number of hydrogen-bond acceptors (Lipinski definition) is 3. The predicted molar refractivity (Wildman–Crippen MR) is 68.5 cm³/mol. The molecule has 0 amide bonds. The fourth-order valence-electron chi connectivity index (χ4n) is 2.29. The summed E-state index contributed by atoms with van der Waals surface area (Å²) >= 11 is 0. The molecular formula is C14H21NO2. The summed E-state index contributed by atoms with van der Waals surface area (Å²) in [6.07, 6.45) is 2.12. The number of fused-ring (bicyclic) bond motifs is 1. The molecule has 1 unspecified atom stereocenters. The van der Waals surface area contributed by atoms with Crippen molar-refractivity contribution in [3.05, 3.63) is 28.8 Å². The first kappa shape index (κ1) is 12.4. The molecule has 94 valence electrons. The number of aliphatic hydroxyl groups is 1. The Morgan fingerprint density at radius 1 is 1.35 bits per heavy atom. The van der Waals surface area contributed by atoms with Crippen LogP contribution in [0.15, 0.2) is 12.1 Å². The van der Waals surface area contributed by atoms with Gasteiger partial charge in [-0.1, -0.05) is 6.07 Å². The van der Waals surface area contributed by atoms with Crippen molar-refractivity contribution in [1.29, 1.82) is 0 Å². The molecule has 1 aliphatic rings. The number of hydrogen-bond donors (Lipinski definition) is 2. The van der Waals surface area contributed by atoms with Crippen molar-refractivity contribution >= 4 is 0 Å². The van der Waals surface area contributed by atoms with Gasteiger partial charge in [0, 0.05) is 18.2 Å². The third-order valence-corrected chi connectivity index (χ3v) is 3.40. The first-order chi connectivity index (χ1) is 8.22. The Labute approximate surface area is 103 Å². The van der Waals surface area contributed by atoms with Crippen molar-refractivity contribution < 1.29 is 9.84 Å². The lowest BCUT2D eigenvalue weighted by atomic mass is 9.97. The third kappa shape index (κ3) is 2.79. The molecule has 0 saturated carbocycles. The van der Waals surface area contributed by atoms with Gasteiger partial charge in [0.25, 0.3) is 0 Å². The van der Waals surface area contributed by atoms with Crippen LogP contribution < -0.4 is 10.1 Å². The molecule has 1 heterocycles. The topological polar surface area (TPSA) is 41.5 Å². The van der Waals surface area contributed by atoms with E-state index in [4.69, 9.17) is 9.84 Å². The molecule has 0 radical (unpaired) electrons. The summed E-state index contributed by atoms with van der Waals surface area (Å²) in [5.74, 6) is 1.00. The van der Waals surface area contributed by atoms with Gasteiger partial charge in [-0.2, -0.15) is 0 Å². The van der Waals surface area contributed by atoms with Gasteiger partial charge in [0.05, 0.1) is 13.2 Å². The maximum absolute atomic E-state index is 8.92. The number of aryl methyl sites for hydroxylation is 2. The van der Waals surface area contributed by atoms with Crippen LogP contribution >= 0.6 is 0 Å². The van der Waals surface area contributed by atoms with Crippen LogP contribution in [0.25, 0.3) is 0 Å². The standard InChI is InChI=1S/C14H21NO2/c1-10-8-12-13(15-5-6-16)4-3-7-17-14(12)9-11(10)2/h8-9,13,15-16H,3-7H2,1-2H3. The molecule has 0 saturated heterocycles. The zero-order chi connectivity index (χ0) is 12.3. The Kier molecular flexibility index (Phi) is 4.02. The molecule has 3 nitrogen and oxygen atoms in total. The van der Waals surface area contributed by atoms with Gasteiger partial charge in [-0.25, -0.2) is 0 Å². The second-order valence-corrected chi connectivity index (χ2v) is 4.70. The van der Waals surface area contributed by atoms with Crippen molar-refractivity contribution in [3.8, 4) is 5.75 Å². The SMILES string of the molecule is Cc1cc2c(cc1C)C(NCCO)CCCO2. The maximum Gasteiger partial charge on any atom is 0.124 e. The Morgan fingerprint density at radius 3 is 2.88 bits per heavy atom. The highest BCUT2D eigenvalue weighted by molar-refractivity contribution is 5.44. The molecule has 17 heavy (non-hydrogen) atoms. The van der Waals surface area contributed by atoms with Gasteiger partial charge in [-0.3, -0.25) is 0 Å². The molecule has 2 N–H and O–H groups in total. The smallest absolute Gasteiger partial charge is 0.124 e. The zero-order valence-electron chi connectivity index (χ0n) is 10.6. The summed E-state index contributed by atoms with van der Waals surface area (Å²) in [5, 5.41) is 12.3. The number of aliphatic hydroxyl groups excluding tert-OH is 1.